The topological polar surface area (TPSA) is 22.4 Å². The van der Waals surface area contributed by atoms with Crippen molar-refractivity contribution >= 4 is 21.9 Å². The molecule has 110 valence electrons. The highest BCUT2D eigenvalue weighted by atomic mass is 19.1. The number of hydrogen-bond acceptors (Lipinski definition) is 2. The number of benzene rings is 2. The molecule has 0 aliphatic heterocycles. The molecular weight excluding hydrogens is 274 g/mol. The molecule has 0 fully saturated rings. The Morgan fingerprint density at radius 3 is 2.62 bits per heavy atom. The van der Waals surface area contributed by atoms with Crippen LogP contribution in [-0.4, -0.2) is 6.61 Å². The number of fused-ring (bicyclic) bond motifs is 3. The standard InChI is InChI=1S/C17H16F2O2/c1-2-3-4-10-20-14-9-8-12-11-6-5-7-13(18)16(11)21-17(12)15(14)19/h5-9H,2-4,10H2,1H3. The highest BCUT2D eigenvalue weighted by molar-refractivity contribution is 6.05. The molecule has 1 aromatic heterocycles. The minimum atomic E-state index is -0.570. The van der Waals surface area contributed by atoms with E-state index in [4.69, 9.17) is 9.15 Å². The van der Waals surface area contributed by atoms with Gasteiger partial charge in [-0.15, -0.1) is 0 Å². The van der Waals surface area contributed by atoms with Gasteiger partial charge in [0, 0.05) is 10.8 Å². The Hall–Kier alpha value is -2.10. The molecule has 21 heavy (non-hydrogen) atoms. The number of ether oxygens (including phenoxy) is 1. The summed E-state index contributed by atoms with van der Waals surface area (Å²) in [6, 6.07) is 7.87. The normalized spacial score (nSPS) is 11.4. The van der Waals surface area contributed by atoms with Crippen LogP contribution in [0.25, 0.3) is 21.9 Å². The van der Waals surface area contributed by atoms with E-state index in [1.807, 2.05) is 0 Å². The zero-order valence-electron chi connectivity index (χ0n) is 11.8. The van der Waals surface area contributed by atoms with Crippen molar-refractivity contribution in [3.63, 3.8) is 0 Å². The Labute approximate surface area is 121 Å². The van der Waals surface area contributed by atoms with Gasteiger partial charge in [0.05, 0.1) is 6.61 Å². The first-order chi connectivity index (χ1) is 10.2. The van der Waals surface area contributed by atoms with E-state index in [0.717, 1.165) is 19.3 Å². The monoisotopic (exact) mass is 290 g/mol. The van der Waals surface area contributed by atoms with E-state index in [1.165, 1.54) is 6.07 Å². The molecule has 0 saturated heterocycles. The van der Waals surface area contributed by atoms with Gasteiger partial charge in [0.2, 0.25) is 5.82 Å². The van der Waals surface area contributed by atoms with Gasteiger partial charge in [0.1, 0.15) is 0 Å². The Bertz CT molecular complexity index is 777. The molecular formula is C17H16F2O2. The van der Waals surface area contributed by atoms with Crippen molar-refractivity contribution in [2.24, 2.45) is 0 Å². The van der Waals surface area contributed by atoms with Gasteiger partial charge in [-0.05, 0) is 24.6 Å². The molecule has 0 aliphatic carbocycles. The van der Waals surface area contributed by atoms with Crippen LogP contribution < -0.4 is 4.74 Å². The second-order valence-electron chi connectivity index (χ2n) is 5.03. The van der Waals surface area contributed by atoms with E-state index in [1.54, 1.807) is 24.3 Å². The minimum Gasteiger partial charge on any atom is -0.490 e. The summed E-state index contributed by atoms with van der Waals surface area (Å²) in [4.78, 5) is 0. The summed E-state index contributed by atoms with van der Waals surface area (Å²) in [6.45, 7) is 2.56. The molecule has 0 saturated carbocycles. The van der Waals surface area contributed by atoms with E-state index < -0.39 is 11.6 Å². The van der Waals surface area contributed by atoms with Gasteiger partial charge in [-0.25, -0.2) is 4.39 Å². The predicted molar refractivity (Wildman–Crippen MR) is 78.7 cm³/mol. The lowest BCUT2D eigenvalue weighted by atomic mass is 10.1. The zero-order valence-corrected chi connectivity index (χ0v) is 11.8. The lowest BCUT2D eigenvalue weighted by molar-refractivity contribution is 0.291. The summed E-state index contributed by atoms with van der Waals surface area (Å²) < 4.78 is 38.9. The first-order valence-electron chi connectivity index (χ1n) is 7.14. The smallest absolute Gasteiger partial charge is 0.208 e. The highest BCUT2D eigenvalue weighted by Crippen LogP contribution is 2.35. The molecule has 1 heterocycles. The predicted octanol–water partition coefficient (Wildman–Crippen LogP) is 5.43. The minimum absolute atomic E-state index is 0.0445. The average molecular weight is 290 g/mol. The molecule has 2 aromatic carbocycles. The van der Waals surface area contributed by atoms with Crippen molar-refractivity contribution in [3.8, 4) is 5.75 Å². The lowest BCUT2D eigenvalue weighted by Gasteiger charge is -2.06. The third-order valence-electron chi connectivity index (χ3n) is 3.53. The second kappa shape index (κ2) is 5.72. The summed E-state index contributed by atoms with van der Waals surface area (Å²) in [5.74, 6) is -0.911. The van der Waals surface area contributed by atoms with E-state index in [0.29, 0.717) is 17.4 Å². The first-order valence-corrected chi connectivity index (χ1v) is 7.14. The maximum Gasteiger partial charge on any atom is 0.208 e. The second-order valence-corrected chi connectivity index (χ2v) is 5.03. The number of unbranched alkanes of at least 4 members (excludes halogenated alkanes) is 2. The molecule has 3 rings (SSSR count). The Kier molecular flexibility index (Phi) is 3.78. The average Bonchev–Trinajstić information content (AvgIpc) is 2.87. The molecule has 4 heteroatoms. The van der Waals surface area contributed by atoms with Crippen LogP contribution in [0.2, 0.25) is 0 Å². The largest absolute Gasteiger partial charge is 0.490 e. The molecule has 2 nitrogen and oxygen atoms in total. The molecule has 0 radical (unpaired) electrons. The summed E-state index contributed by atoms with van der Waals surface area (Å²) in [5.41, 5.74) is 0.123. The fourth-order valence-electron chi connectivity index (χ4n) is 2.42. The maximum absolute atomic E-state index is 14.4. The maximum atomic E-state index is 14.4. The third-order valence-corrected chi connectivity index (χ3v) is 3.53. The molecule has 0 N–H and O–H groups in total. The van der Waals surface area contributed by atoms with Crippen molar-refractivity contribution in [1.82, 2.24) is 0 Å². The molecule has 0 unspecified atom stereocenters. The van der Waals surface area contributed by atoms with E-state index in [9.17, 15) is 8.78 Å². The quantitative estimate of drug-likeness (QED) is 0.584. The third kappa shape index (κ3) is 2.46. The fourth-order valence-corrected chi connectivity index (χ4v) is 2.42. The summed E-state index contributed by atoms with van der Waals surface area (Å²) in [5, 5.41) is 1.13. The van der Waals surface area contributed by atoms with E-state index in [2.05, 4.69) is 6.92 Å². The van der Waals surface area contributed by atoms with Crippen LogP contribution in [0, 0.1) is 11.6 Å². The van der Waals surface area contributed by atoms with Gasteiger partial charge < -0.3 is 9.15 Å². The van der Waals surface area contributed by atoms with Crippen molar-refractivity contribution in [2.75, 3.05) is 6.61 Å². The summed E-state index contributed by atoms with van der Waals surface area (Å²) in [7, 11) is 0. The van der Waals surface area contributed by atoms with Crippen LogP contribution in [0.3, 0.4) is 0 Å². The van der Waals surface area contributed by atoms with Crippen LogP contribution in [0.15, 0.2) is 34.7 Å². The Morgan fingerprint density at radius 2 is 1.81 bits per heavy atom. The SMILES string of the molecule is CCCCCOc1ccc2c(oc3c(F)cccc32)c1F. The van der Waals surface area contributed by atoms with Crippen molar-refractivity contribution in [3.05, 3.63) is 42.0 Å². The molecule has 0 bridgehead atoms. The van der Waals surface area contributed by atoms with Crippen LogP contribution in [-0.2, 0) is 0 Å². The molecule has 0 spiro atoms. The molecule has 0 amide bonds. The number of furan rings is 1. The van der Waals surface area contributed by atoms with Crippen molar-refractivity contribution < 1.29 is 17.9 Å². The van der Waals surface area contributed by atoms with Crippen LogP contribution in [0.1, 0.15) is 26.2 Å². The van der Waals surface area contributed by atoms with Gasteiger partial charge in [-0.1, -0.05) is 31.9 Å². The van der Waals surface area contributed by atoms with E-state index >= 15 is 0 Å². The molecule has 0 aliphatic rings. The van der Waals surface area contributed by atoms with Gasteiger partial charge in [-0.2, -0.15) is 4.39 Å². The van der Waals surface area contributed by atoms with Gasteiger partial charge in [0.15, 0.2) is 22.7 Å². The molecule has 3 aromatic rings. The Balaban J connectivity index is 2.00. The van der Waals surface area contributed by atoms with E-state index in [-0.39, 0.29) is 16.9 Å². The summed E-state index contributed by atoms with van der Waals surface area (Å²) in [6.07, 6.45) is 3.00. The number of halogens is 2. The van der Waals surface area contributed by atoms with Gasteiger partial charge in [-0.3, -0.25) is 0 Å². The van der Waals surface area contributed by atoms with Crippen molar-refractivity contribution in [2.45, 2.75) is 26.2 Å². The fraction of sp³-hybridized carbons (Fsp3) is 0.294. The summed E-state index contributed by atoms with van der Waals surface area (Å²) >= 11 is 0. The Morgan fingerprint density at radius 1 is 1.00 bits per heavy atom. The molecule has 0 atom stereocenters. The number of rotatable bonds is 5. The van der Waals surface area contributed by atoms with Crippen LogP contribution >= 0.6 is 0 Å². The number of hydrogen-bond donors (Lipinski definition) is 0. The lowest BCUT2D eigenvalue weighted by Crippen LogP contribution is -1.99. The highest BCUT2D eigenvalue weighted by Gasteiger charge is 2.17. The van der Waals surface area contributed by atoms with Crippen LogP contribution in [0.4, 0.5) is 8.78 Å². The van der Waals surface area contributed by atoms with Crippen LogP contribution in [0.5, 0.6) is 5.75 Å². The van der Waals surface area contributed by atoms with Gasteiger partial charge in [0.25, 0.3) is 0 Å². The van der Waals surface area contributed by atoms with Gasteiger partial charge >= 0.3 is 0 Å². The number of para-hydroxylation sites is 1. The van der Waals surface area contributed by atoms with Crippen molar-refractivity contribution in [1.29, 1.82) is 0 Å². The first kappa shape index (κ1) is 13.9. The zero-order chi connectivity index (χ0) is 14.8.